The highest BCUT2D eigenvalue weighted by atomic mass is 35.5. The first-order valence-corrected chi connectivity index (χ1v) is 12.7. The molecule has 2 aliphatic heterocycles. The van der Waals surface area contributed by atoms with Crippen LogP contribution in [0.25, 0.3) is 0 Å². The summed E-state index contributed by atoms with van der Waals surface area (Å²) in [5.41, 5.74) is 1.17. The lowest BCUT2D eigenvalue weighted by molar-refractivity contribution is 0.0606. The summed E-state index contributed by atoms with van der Waals surface area (Å²) in [6, 6.07) is 6.26. The van der Waals surface area contributed by atoms with Gasteiger partial charge in [-0.15, -0.1) is 0 Å². The minimum atomic E-state index is -3.56. The molecule has 8 nitrogen and oxygen atoms in total. The number of amides is 1. The van der Waals surface area contributed by atoms with Crippen LogP contribution in [0.2, 0.25) is 5.02 Å². The summed E-state index contributed by atoms with van der Waals surface area (Å²) in [7, 11) is -3.56. The number of aromatic nitrogens is 2. The van der Waals surface area contributed by atoms with Crippen LogP contribution < -0.4 is 4.72 Å². The number of nitrogens with zero attached hydrogens (tertiary/aromatic N) is 4. The predicted molar refractivity (Wildman–Crippen MR) is 122 cm³/mol. The number of halogens is 2. The molecule has 1 aromatic carbocycles. The Labute approximate surface area is 191 Å². The first-order chi connectivity index (χ1) is 14.6. The van der Waals surface area contributed by atoms with Gasteiger partial charge in [0.25, 0.3) is 5.91 Å². The van der Waals surface area contributed by atoms with Gasteiger partial charge in [-0.2, -0.15) is 5.10 Å². The molecule has 2 atom stereocenters. The Kier molecular flexibility index (Phi) is 6.02. The fourth-order valence-corrected chi connectivity index (χ4v) is 5.15. The highest BCUT2D eigenvalue weighted by Gasteiger charge is 2.33. The van der Waals surface area contributed by atoms with E-state index in [4.69, 9.17) is 28.3 Å². The lowest BCUT2D eigenvalue weighted by Crippen LogP contribution is -2.39. The average Bonchev–Trinajstić information content (AvgIpc) is 3.12. The van der Waals surface area contributed by atoms with Crippen molar-refractivity contribution in [1.82, 2.24) is 14.7 Å². The molecule has 0 spiro atoms. The molecule has 0 bridgehead atoms. The largest absolute Gasteiger partial charge is 0.330 e. The van der Waals surface area contributed by atoms with E-state index in [-0.39, 0.29) is 29.2 Å². The van der Waals surface area contributed by atoms with Gasteiger partial charge in [-0.05, 0) is 44.4 Å². The molecule has 1 saturated heterocycles. The smallest absolute Gasteiger partial charge is 0.256 e. The fourth-order valence-electron chi connectivity index (χ4n) is 4.09. The van der Waals surface area contributed by atoms with Crippen LogP contribution >= 0.6 is 23.2 Å². The molecular formula is C20H23Cl2N5O3S. The maximum absolute atomic E-state index is 13.6. The van der Waals surface area contributed by atoms with Crippen LogP contribution in [0, 0.1) is 0 Å². The molecule has 0 radical (unpaired) electrons. The minimum absolute atomic E-state index is 0.0833. The van der Waals surface area contributed by atoms with Crippen molar-refractivity contribution in [3.63, 3.8) is 0 Å². The topological polar surface area (TPSA) is 96.7 Å². The maximum Gasteiger partial charge on any atom is 0.256 e. The molecule has 1 fully saturated rings. The summed E-state index contributed by atoms with van der Waals surface area (Å²) < 4.78 is 27.8. The molecule has 1 unspecified atom stereocenters. The normalized spacial score (nSPS) is 21.4. The molecule has 166 valence electrons. The number of carbonyl (C=O) groups is 1. The highest BCUT2D eigenvalue weighted by Crippen LogP contribution is 2.37. The van der Waals surface area contributed by atoms with E-state index in [0.717, 1.165) is 31.2 Å². The molecule has 2 aliphatic rings. The summed E-state index contributed by atoms with van der Waals surface area (Å²) in [4.78, 5) is 19.7. The van der Waals surface area contributed by atoms with Gasteiger partial charge in [0.1, 0.15) is 5.17 Å². The standard InChI is InChI=1S/C20H23Cl2N5O3S/c1-12-9-18(22)23-19-11-16(24-27(12)19)17-5-3-4-8-26(17)20(28)14-10-13(21)6-7-15(14)25-31(2,29)30/h6-7,10-12,17,25H,3-5,8-9H2,1-2H3/t12?,17-/m0/s1. The monoisotopic (exact) mass is 483 g/mol. The Morgan fingerprint density at radius 1 is 1.23 bits per heavy atom. The van der Waals surface area contributed by atoms with Crippen molar-refractivity contribution >= 4 is 55.8 Å². The number of piperidine rings is 1. The number of nitrogens with one attached hydrogen (secondary N) is 1. The van der Waals surface area contributed by atoms with E-state index in [1.807, 2.05) is 17.7 Å². The zero-order valence-corrected chi connectivity index (χ0v) is 19.5. The van der Waals surface area contributed by atoms with Crippen molar-refractivity contribution in [1.29, 1.82) is 0 Å². The molecule has 0 saturated carbocycles. The number of rotatable bonds is 4. The molecule has 1 aromatic heterocycles. The molecular weight excluding hydrogens is 461 g/mol. The summed E-state index contributed by atoms with van der Waals surface area (Å²) in [5.74, 6) is 0.387. The lowest BCUT2D eigenvalue weighted by Gasteiger charge is -2.35. The van der Waals surface area contributed by atoms with Gasteiger partial charge in [0.05, 0.1) is 35.3 Å². The van der Waals surface area contributed by atoms with Crippen LogP contribution in [0.4, 0.5) is 11.5 Å². The Balaban J connectivity index is 1.70. The number of fused-ring (bicyclic) bond motifs is 1. The van der Waals surface area contributed by atoms with Crippen molar-refractivity contribution < 1.29 is 13.2 Å². The van der Waals surface area contributed by atoms with Crippen LogP contribution in [0.1, 0.15) is 60.7 Å². The Morgan fingerprint density at radius 3 is 2.74 bits per heavy atom. The van der Waals surface area contributed by atoms with Crippen molar-refractivity contribution in [2.45, 2.75) is 44.7 Å². The Morgan fingerprint density at radius 2 is 2.00 bits per heavy atom. The SMILES string of the molecule is CC1CC(Cl)=Nc2cc([C@@H]3CCCCN3C(=O)c3cc(Cl)ccc3NS(C)(=O)=O)nn21. The zero-order valence-electron chi connectivity index (χ0n) is 17.2. The van der Waals surface area contributed by atoms with E-state index in [9.17, 15) is 13.2 Å². The predicted octanol–water partition coefficient (Wildman–Crippen LogP) is 4.51. The van der Waals surface area contributed by atoms with Crippen molar-refractivity contribution in [3.05, 3.63) is 40.5 Å². The number of hydrogen-bond acceptors (Lipinski definition) is 5. The fraction of sp³-hybridized carbons (Fsp3) is 0.450. The van der Waals surface area contributed by atoms with Gasteiger partial charge in [0.2, 0.25) is 10.0 Å². The summed E-state index contributed by atoms with van der Waals surface area (Å²) in [5, 5.41) is 5.63. The zero-order chi connectivity index (χ0) is 22.3. The van der Waals surface area contributed by atoms with E-state index in [1.54, 1.807) is 11.0 Å². The molecule has 3 heterocycles. The van der Waals surface area contributed by atoms with Gasteiger partial charge < -0.3 is 4.90 Å². The van der Waals surface area contributed by atoms with Gasteiger partial charge in [-0.25, -0.2) is 18.1 Å². The summed E-state index contributed by atoms with van der Waals surface area (Å²) >= 11 is 12.3. The molecule has 1 N–H and O–H groups in total. The molecule has 31 heavy (non-hydrogen) atoms. The second kappa shape index (κ2) is 8.44. The third kappa shape index (κ3) is 4.73. The van der Waals surface area contributed by atoms with Gasteiger partial charge >= 0.3 is 0 Å². The van der Waals surface area contributed by atoms with Gasteiger partial charge in [-0.1, -0.05) is 23.2 Å². The average molecular weight is 484 g/mol. The first-order valence-electron chi connectivity index (χ1n) is 10.0. The number of sulfonamides is 1. The van der Waals surface area contributed by atoms with Gasteiger partial charge in [-0.3, -0.25) is 9.52 Å². The van der Waals surface area contributed by atoms with Gasteiger partial charge in [0.15, 0.2) is 5.82 Å². The third-order valence-corrected chi connectivity index (χ3v) is 6.53. The van der Waals surface area contributed by atoms with Crippen LogP contribution in [0.5, 0.6) is 0 Å². The van der Waals surface area contributed by atoms with E-state index >= 15 is 0 Å². The third-order valence-electron chi connectivity index (χ3n) is 5.46. The molecule has 4 rings (SSSR count). The minimum Gasteiger partial charge on any atom is -0.330 e. The lowest BCUT2D eigenvalue weighted by atomic mass is 9.98. The highest BCUT2D eigenvalue weighted by molar-refractivity contribution is 7.92. The molecule has 0 aliphatic carbocycles. The van der Waals surface area contributed by atoms with E-state index in [1.165, 1.54) is 12.1 Å². The Bertz CT molecular complexity index is 1160. The number of carbonyl (C=O) groups excluding carboxylic acids is 1. The second-order valence-electron chi connectivity index (χ2n) is 7.99. The van der Waals surface area contributed by atoms with Crippen LogP contribution in [-0.2, 0) is 10.0 Å². The summed E-state index contributed by atoms with van der Waals surface area (Å²) in [6.45, 7) is 2.56. The second-order valence-corrected chi connectivity index (χ2v) is 10.6. The van der Waals surface area contributed by atoms with Gasteiger partial charge in [0, 0.05) is 24.1 Å². The summed E-state index contributed by atoms with van der Waals surface area (Å²) in [6.07, 6.45) is 4.23. The van der Waals surface area contributed by atoms with Crippen LogP contribution in [0.15, 0.2) is 29.3 Å². The van der Waals surface area contributed by atoms with Crippen LogP contribution in [-0.4, -0.2) is 47.0 Å². The maximum atomic E-state index is 13.6. The van der Waals surface area contributed by atoms with E-state index in [0.29, 0.717) is 29.0 Å². The van der Waals surface area contributed by atoms with Crippen LogP contribution in [0.3, 0.4) is 0 Å². The number of benzene rings is 1. The molecule has 11 heteroatoms. The van der Waals surface area contributed by atoms with E-state index < -0.39 is 10.0 Å². The van der Waals surface area contributed by atoms with Crippen molar-refractivity contribution in [2.24, 2.45) is 4.99 Å². The van der Waals surface area contributed by atoms with Crippen molar-refractivity contribution in [3.8, 4) is 0 Å². The molecule has 2 aromatic rings. The number of likely N-dealkylation sites (tertiary alicyclic amines) is 1. The molecule has 1 amide bonds. The first kappa shape index (κ1) is 22.1. The quantitative estimate of drug-likeness (QED) is 0.691. The Hall–Kier alpha value is -2.10. The van der Waals surface area contributed by atoms with Crippen molar-refractivity contribution in [2.75, 3.05) is 17.5 Å². The number of aliphatic imine (C=N–C) groups is 1. The van der Waals surface area contributed by atoms with E-state index in [2.05, 4.69) is 9.71 Å². The number of anilines is 1. The number of hydrogen-bond donors (Lipinski definition) is 1.